The molecule has 7 heteroatoms. The number of aliphatic imine (C=N–C) groups is 1. The van der Waals surface area contributed by atoms with E-state index in [1.807, 2.05) is 55.0 Å². The van der Waals surface area contributed by atoms with E-state index in [9.17, 15) is 5.11 Å². The molecule has 2 aromatic carbocycles. The number of aromatic hydroxyl groups is 1. The van der Waals surface area contributed by atoms with Crippen LogP contribution in [0, 0.1) is 7.14 Å². The van der Waals surface area contributed by atoms with Crippen LogP contribution < -0.4 is 4.90 Å². The summed E-state index contributed by atoms with van der Waals surface area (Å²) in [5, 5.41) is 10.4. The SMILES string of the molecule is CN(C)c1ccc(-c2nc3ccccn3c2/N=C/c2cc(I)cc(I)c2O)cc1. The average molecular weight is 608 g/mol. The summed E-state index contributed by atoms with van der Waals surface area (Å²) in [4.78, 5) is 11.6. The van der Waals surface area contributed by atoms with Crippen LogP contribution in [-0.2, 0) is 0 Å². The molecule has 4 aromatic rings. The molecule has 0 saturated heterocycles. The number of halogens is 2. The van der Waals surface area contributed by atoms with Gasteiger partial charge in [-0.05, 0) is 81.6 Å². The van der Waals surface area contributed by atoms with E-state index in [2.05, 4.69) is 74.3 Å². The molecule has 29 heavy (non-hydrogen) atoms. The van der Waals surface area contributed by atoms with Crippen molar-refractivity contribution in [3.8, 4) is 17.0 Å². The Hall–Kier alpha value is -2.14. The van der Waals surface area contributed by atoms with Gasteiger partial charge in [0.05, 0.1) is 3.57 Å². The molecule has 0 atom stereocenters. The lowest BCUT2D eigenvalue weighted by molar-refractivity contribution is 0.470. The summed E-state index contributed by atoms with van der Waals surface area (Å²) in [6.45, 7) is 0. The number of anilines is 1. The van der Waals surface area contributed by atoms with Gasteiger partial charge in [0.15, 0.2) is 5.82 Å². The lowest BCUT2D eigenvalue weighted by Crippen LogP contribution is -2.07. The van der Waals surface area contributed by atoms with Gasteiger partial charge < -0.3 is 10.0 Å². The highest BCUT2D eigenvalue weighted by molar-refractivity contribution is 14.1. The van der Waals surface area contributed by atoms with Crippen molar-refractivity contribution in [3.63, 3.8) is 0 Å². The number of phenols is 1. The Morgan fingerprint density at radius 2 is 1.83 bits per heavy atom. The summed E-state index contributed by atoms with van der Waals surface area (Å²) in [5.74, 6) is 0.965. The number of benzene rings is 2. The molecule has 0 aliphatic heterocycles. The number of hydrogen-bond acceptors (Lipinski definition) is 4. The maximum Gasteiger partial charge on any atom is 0.165 e. The molecule has 0 saturated carbocycles. The highest BCUT2D eigenvalue weighted by atomic mass is 127. The molecule has 4 rings (SSSR count). The first-order chi connectivity index (χ1) is 13.9. The van der Waals surface area contributed by atoms with Crippen molar-refractivity contribution in [1.82, 2.24) is 9.38 Å². The number of imidazole rings is 1. The molecule has 5 nitrogen and oxygen atoms in total. The monoisotopic (exact) mass is 608 g/mol. The third-order valence-electron chi connectivity index (χ3n) is 4.55. The highest BCUT2D eigenvalue weighted by Crippen LogP contribution is 2.33. The summed E-state index contributed by atoms with van der Waals surface area (Å²) in [7, 11) is 4.04. The van der Waals surface area contributed by atoms with E-state index < -0.39 is 0 Å². The second-order valence-electron chi connectivity index (χ2n) is 6.74. The van der Waals surface area contributed by atoms with Gasteiger partial charge in [-0.15, -0.1) is 0 Å². The van der Waals surface area contributed by atoms with E-state index in [-0.39, 0.29) is 5.75 Å². The summed E-state index contributed by atoms with van der Waals surface area (Å²) in [5.41, 5.74) is 4.43. The third kappa shape index (κ3) is 4.11. The molecule has 2 aromatic heterocycles. The first-order valence-electron chi connectivity index (χ1n) is 8.91. The number of pyridine rings is 1. The topological polar surface area (TPSA) is 53.1 Å². The molecule has 0 spiro atoms. The van der Waals surface area contributed by atoms with Gasteiger partial charge >= 0.3 is 0 Å². The van der Waals surface area contributed by atoms with Crippen LogP contribution in [0.15, 0.2) is 65.8 Å². The Balaban J connectivity index is 1.84. The third-order valence-corrected chi connectivity index (χ3v) is 5.99. The second-order valence-corrected chi connectivity index (χ2v) is 9.15. The zero-order valence-corrected chi connectivity index (χ0v) is 20.2. The quantitative estimate of drug-likeness (QED) is 0.238. The van der Waals surface area contributed by atoms with Crippen molar-refractivity contribution in [3.05, 3.63) is 73.5 Å². The van der Waals surface area contributed by atoms with Gasteiger partial charge in [-0.2, -0.15) is 0 Å². The van der Waals surface area contributed by atoms with Crippen LogP contribution in [0.3, 0.4) is 0 Å². The fourth-order valence-corrected chi connectivity index (χ4v) is 4.92. The molecule has 0 aliphatic rings. The molecule has 0 radical (unpaired) electrons. The van der Waals surface area contributed by atoms with Gasteiger partial charge in [0.25, 0.3) is 0 Å². The van der Waals surface area contributed by atoms with E-state index in [0.717, 1.165) is 35.6 Å². The van der Waals surface area contributed by atoms with E-state index in [1.54, 1.807) is 6.21 Å². The molecule has 0 unspecified atom stereocenters. The number of rotatable bonds is 4. The molecule has 146 valence electrons. The lowest BCUT2D eigenvalue weighted by atomic mass is 10.1. The van der Waals surface area contributed by atoms with Crippen LogP contribution in [0.1, 0.15) is 5.56 Å². The van der Waals surface area contributed by atoms with Gasteiger partial charge in [-0.3, -0.25) is 4.40 Å². The van der Waals surface area contributed by atoms with E-state index in [0.29, 0.717) is 5.56 Å². The molecule has 0 amide bonds. The maximum atomic E-state index is 10.4. The molecule has 0 aliphatic carbocycles. The number of nitrogens with zero attached hydrogens (tertiary/aromatic N) is 4. The Kier molecular flexibility index (Phi) is 5.77. The lowest BCUT2D eigenvalue weighted by Gasteiger charge is -2.12. The molecule has 2 heterocycles. The molecule has 0 fully saturated rings. The van der Waals surface area contributed by atoms with Crippen molar-refractivity contribution in [2.75, 3.05) is 19.0 Å². The maximum absolute atomic E-state index is 10.4. The summed E-state index contributed by atoms with van der Waals surface area (Å²) < 4.78 is 3.80. The van der Waals surface area contributed by atoms with Crippen LogP contribution in [0.25, 0.3) is 16.9 Å². The minimum atomic E-state index is 0.237. The smallest absolute Gasteiger partial charge is 0.165 e. The van der Waals surface area contributed by atoms with Crippen LogP contribution in [0.2, 0.25) is 0 Å². The summed E-state index contributed by atoms with van der Waals surface area (Å²) in [6, 6.07) is 18.0. The Labute approximate surface area is 196 Å². The first kappa shape index (κ1) is 20.1. The van der Waals surface area contributed by atoms with E-state index in [4.69, 9.17) is 9.98 Å². The van der Waals surface area contributed by atoms with Crippen LogP contribution >= 0.6 is 45.2 Å². The Bertz CT molecular complexity index is 1210. The number of aromatic nitrogens is 2. The highest BCUT2D eigenvalue weighted by Gasteiger charge is 2.14. The fraction of sp³-hybridized carbons (Fsp3) is 0.0909. The predicted molar refractivity (Wildman–Crippen MR) is 136 cm³/mol. The van der Waals surface area contributed by atoms with Crippen molar-refractivity contribution >= 4 is 68.5 Å². The van der Waals surface area contributed by atoms with Crippen molar-refractivity contribution in [1.29, 1.82) is 0 Å². The minimum Gasteiger partial charge on any atom is -0.506 e. The predicted octanol–water partition coefficient (Wildman–Crippen LogP) is 5.73. The molecular formula is C22H18I2N4O. The normalized spacial score (nSPS) is 11.4. The summed E-state index contributed by atoms with van der Waals surface area (Å²) in [6.07, 6.45) is 3.65. The van der Waals surface area contributed by atoms with Crippen molar-refractivity contribution in [2.24, 2.45) is 4.99 Å². The number of phenolic OH excluding ortho intramolecular Hbond substituents is 1. The van der Waals surface area contributed by atoms with Gasteiger partial charge in [-0.25, -0.2) is 9.98 Å². The van der Waals surface area contributed by atoms with Crippen LogP contribution in [0.5, 0.6) is 5.75 Å². The molecule has 0 bridgehead atoms. The average Bonchev–Trinajstić information content (AvgIpc) is 3.08. The summed E-state index contributed by atoms with van der Waals surface area (Å²) >= 11 is 4.37. The van der Waals surface area contributed by atoms with Crippen LogP contribution in [0.4, 0.5) is 11.5 Å². The van der Waals surface area contributed by atoms with Crippen LogP contribution in [-0.4, -0.2) is 34.8 Å². The van der Waals surface area contributed by atoms with E-state index in [1.165, 1.54) is 0 Å². The Morgan fingerprint density at radius 1 is 1.07 bits per heavy atom. The largest absolute Gasteiger partial charge is 0.506 e. The zero-order chi connectivity index (χ0) is 20.5. The zero-order valence-electron chi connectivity index (χ0n) is 15.8. The number of hydrogen-bond donors (Lipinski definition) is 1. The van der Waals surface area contributed by atoms with Crippen molar-refractivity contribution < 1.29 is 5.11 Å². The van der Waals surface area contributed by atoms with Crippen molar-refractivity contribution in [2.45, 2.75) is 0 Å². The molecule has 1 N–H and O–H groups in total. The second kappa shape index (κ2) is 8.31. The first-order valence-corrected chi connectivity index (χ1v) is 11.1. The van der Waals surface area contributed by atoms with Gasteiger partial charge in [0, 0.05) is 46.9 Å². The van der Waals surface area contributed by atoms with Gasteiger partial charge in [-0.1, -0.05) is 18.2 Å². The minimum absolute atomic E-state index is 0.237. The number of fused-ring (bicyclic) bond motifs is 1. The van der Waals surface area contributed by atoms with Gasteiger partial charge in [0.2, 0.25) is 0 Å². The standard InChI is InChI=1S/C22H18I2N4O/c1-27(2)17-8-6-14(7-9-17)20-22(28-10-4-3-5-19(28)26-20)25-13-15-11-16(23)12-18(24)21(15)29/h3-13,29H,1-2H3/b25-13+. The molecular weight excluding hydrogens is 590 g/mol. The Morgan fingerprint density at radius 3 is 2.55 bits per heavy atom. The van der Waals surface area contributed by atoms with Gasteiger partial charge in [0.1, 0.15) is 17.1 Å². The van der Waals surface area contributed by atoms with E-state index >= 15 is 0 Å². The fourth-order valence-electron chi connectivity index (χ4n) is 3.03.